The first-order valence-corrected chi connectivity index (χ1v) is 7.36. The Labute approximate surface area is 115 Å². The van der Waals surface area contributed by atoms with Gasteiger partial charge in [0.2, 0.25) is 0 Å². The molecule has 19 heavy (non-hydrogen) atoms. The Kier molecular flexibility index (Phi) is 3.52. The summed E-state index contributed by atoms with van der Waals surface area (Å²) in [4.78, 5) is 4.63. The van der Waals surface area contributed by atoms with Crippen molar-refractivity contribution in [3.63, 3.8) is 0 Å². The smallest absolute Gasteiger partial charge is 0.0708 e. The van der Waals surface area contributed by atoms with Crippen LogP contribution in [0.3, 0.4) is 0 Å². The molecule has 2 atom stereocenters. The number of aryl methyl sites for hydroxylation is 1. The molecule has 1 aromatic carbocycles. The highest BCUT2D eigenvalue weighted by molar-refractivity contribution is 5.83. The van der Waals surface area contributed by atoms with Crippen molar-refractivity contribution in [1.29, 1.82) is 0 Å². The van der Waals surface area contributed by atoms with Gasteiger partial charge in [-0.05, 0) is 62.4 Å². The van der Waals surface area contributed by atoms with Crippen molar-refractivity contribution in [1.82, 2.24) is 10.3 Å². The minimum atomic E-state index is 0.732. The fraction of sp³-hybridized carbons (Fsp3) is 0.471. The average Bonchev–Trinajstić information content (AvgIpc) is 3.17. The summed E-state index contributed by atoms with van der Waals surface area (Å²) in [6.07, 6.45) is 2.54. The first kappa shape index (κ1) is 12.6. The maximum Gasteiger partial charge on any atom is 0.0708 e. The summed E-state index contributed by atoms with van der Waals surface area (Å²) in [6, 6.07) is 10.8. The average molecular weight is 254 g/mol. The summed E-state index contributed by atoms with van der Waals surface area (Å²) in [5.74, 6) is 1.55. The van der Waals surface area contributed by atoms with Gasteiger partial charge in [-0.15, -0.1) is 0 Å². The standard InChI is InChI=1S/C17H22N2/c1-3-8-18-11-13-10-15(13)16-9-12(2)19-17-7-5-4-6-14(16)17/h4-7,9,13,15,18H,3,8,10-11H2,1-2H3. The topological polar surface area (TPSA) is 24.9 Å². The van der Waals surface area contributed by atoms with Crippen molar-refractivity contribution in [2.75, 3.05) is 13.1 Å². The van der Waals surface area contributed by atoms with Crippen molar-refractivity contribution in [3.8, 4) is 0 Å². The maximum atomic E-state index is 4.63. The first-order valence-electron chi connectivity index (χ1n) is 7.36. The molecule has 2 nitrogen and oxygen atoms in total. The first-order chi connectivity index (χ1) is 9.29. The summed E-state index contributed by atoms with van der Waals surface area (Å²) in [6.45, 7) is 6.62. The highest BCUT2D eigenvalue weighted by Gasteiger charge is 2.38. The molecule has 1 N–H and O–H groups in total. The zero-order valence-corrected chi connectivity index (χ0v) is 11.8. The Hall–Kier alpha value is -1.41. The molecule has 2 unspecified atom stereocenters. The lowest BCUT2D eigenvalue weighted by molar-refractivity contribution is 0.620. The van der Waals surface area contributed by atoms with Gasteiger partial charge >= 0.3 is 0 Å². The molecular formula is C17H22N2. The predicted molar refractivity (Wildman–Crippen MR) is 80.5 cm³/mol. The van der Waals surface area contributed by atoms with E-state index >= 15 is 0 Å². The molecule has 1 saturated carbocycles. The molecule has 1 fully saturated rings. The SMILES string of the molecule is CCCNCC1CC1c1cc(C)nc2ccccc12. The minimum Gasteiger partial charge on any atom is -0.316 e. The van der Waals surface area contributed by atoms with Crippen molar-refractivity contribution < 1.29 is 0 Å². The number of nitrogens with zero attached hydrogens (tertiary/aromatic N) is 1. The second kappa shape index (κ2) is 5.30. The number of nitrogens with one attached hydrogen (secondary N) is 1. The van der Waals surface area contributed by atoms with Crippen LogP contribution in [0.1, 0.15) is 36.9 Å². The van der Waals surface area contributed by atoms with Gasteiger partial charge in [0.05, 0.1) is 5.52 Å². The van der Waals surface area contributed by atoms with Crippen LogP contribution in [0.2, 0.25) is 0 Å². The number of rotatable bonds is 5. The Morgan fingerprint density at radius 2 is 2.16 bits per heavy atom. The van der Waals surface area contributed by atoms with Gasteiger partial charge in [-0.2, -0.15) is 0 Å². The molecule has 0 amide bonds. The number of aromatic nitrogens is 1. The van der Waals surface area contributed by atoms with E-state index in [1.807, 2.05) is 0 Å². The van der Waals surface area contributed by atoms with E-state index in [-0.39, 0.29) is 0 Å². The predicted octanol–water partition coefficient (Wildman–Crippen LogP) is 3.65. The van der Waals surface area contributed by atoms with Gasteiger partial charge in [-0.3, -0.25) is 4.98 Å². The van der Waals surface area contributed by atoms with Crippen molar-refractivity contribution in [3.05, 3.63) is 41.6 Å². The zero-order valence-electron chi connectivity index (χ0n) is 11.8. The van der Waals surface area contributed by atoms with Gasteiger partial charge < -0.3 is 5.32 Å². The minimum absolute atomic E-state index is 0.732. The van der Waals surface area contributed by atoms with E-state index in [4.69, 9.17) is 0 Å². The quantitative estimate of drug-likeness (QED) is 0.824. The number of para-hydroxylation sites is 1. The Bertz CT molecular complexity index is 576. The molecule has 0 saturated heterocycles. The molecule has 1 aliphatic rings. The summed E-state index contributed by atoms with van der Waals surface area (Å²) in [7, 11) is 0. The van der Waals surface area contributed by atoms with Crippen LogP contribution in [-0.4, -0.2) is 18.1 Å². The third-order valence-corrected chi connectivity index (χ3v) is 4.03. The number of pyridine rings is 1. The Balaban J connectivity index is 1.82. The second-order valence-corrected chi connectivity index (χ2v) is 5.68. The fourth-order valence-electron chi connectivity index (χ4n) is 2.97. The zero-order chi connectivity index (χ0) is 13.2. The molecule has 0 radical (unpaired) electrons. The Morgan fingerprint density at radius 3 is 3.00 bits per heavy atom. The summed E-state index contributed by atoms with van der Waals surface area (Å²) >= 11 is 0. The van der Waals surface area contributed by atoms with Crippen LogP contribution >= 0.6 is 0 Å². The molecule has 1 aromatic heterocycles. The number of benzene rings is 1. The van der Waals surface area contributed by atoms with Crippen LogP contribution in [0.15, 0.2) is 30.3 Å². The lowest BCUT2D eigenvalue weighted by Gasteiger charge is -2.08. The summed E-state index contributed by atoms with van der Waals surface area (Å²) < 4.78 is 0. The molecule has 100 valence electrons. The van der Waals surface area contributed by atoms with Gasteiger partial charge in [-0.25, -0.2) is 0 Å². The third kappa shape index (κ3) is 2.64. The monoisotopic (exact) mass is 254 g/mol. The number of hydrogen-bond acceptors (Lipinski definition) is 2. The fourth-order valence-corrected chi connectivity index (χ4v) is 2.97. The molecule has 2 heteroatoms. The van der Waals surface area contributed by atoms with Gasteiger partial charge in [0.25, 0.3) is 0 Å². The summed E-state index contributed by atoms with van der Waals surface area (Å²) in [5.41, 5.74) is 3.79. The lowest BCUT2D eigenvalue weighted by atomic mass is 10.0. The van der Waals surface area contributed by atoms with E-state index in [1.165, 1.54) is 23.8 Å². The lowest BCUT2D eigenvalue weighted by Crippen LogP contribution is -2.17. The van der Waals surface area contributed by atoms with Crippen LogP contribution in [-0.2, 0) is 0 Å². The molecule has 1 heterocycles. The normalized spacial score (nSPS) is 21.8. The second-order valence-electron chi connectivity index (χ2n) is 5.68. The molecule has 3 rings (SSSR count). The van der Waals surface area contributed by atoms with Crippen molar-refractivity contribution in [2.45, 2.75) is 32.6 Å². The van der Waals surface area contributed by atoms with Gasteiger partial charge in [0.1, 0.15) is 0 Å². The van der Waals surface area contributed by atoms with Crippen LogP contribution in [0.4, 0.5) is 0 Å². The van der Waals surface area contributed by atoms with Gasteiger partial charge in [0, 0.05) is 11.1 Å². The van der Waals surface area contributed by atoms with Gasteiger partial charge in [-0.1, -0.05) is 25.1 Å². The number of hydrogen-bond donors (Lipinski definition) is 1. The molecule has 1 aliphatic carbocycles. The highest BCUT2D eigenvalue weighted by atomic mass is 14.9. The van der Waals surface area contributed by atoms with E-state index in [0.717, 1.165) is 36.1 Å². The molecule has 0 bridgehead atoms. The van der Waals surface area contributed by atoms with Crippen molar-refractivity contribution in [2.24, 2.45) is 5.92 Å². The van der Waals surface area contributed by atoms with E-state index < -0.39 is 0 Å². The molecule has 2 aromatic rings. The largest absolute Gasteiger partial charge is 0.316 e. The van der Waals surface area contributed by atoms with E-state index in [2.05, 4.69) is 54.5 Å². The van der Waals surface area contributed by atoms with E-state index in [9.17, 15) is 0 Å². The molecule has 0 spiro atoms. The Morgan fingerprint density at radius 1 is 1.32 bits per heavy atom. The van der Waals surface area contributed by atoms with Crippen LogP contribution < -0.4 is 5.32 Å². The van der Waals surface area contributed by atoms with Crippen LogP contribution in [0.25, 0.3) is 10.9 Å². The molecular weight excluding hydrogens is 232 g/mol. The van der Waals surface area contributed by atoms with Crippen LogP contribution in [0, 0.1) is 12.8 Å². The summed E-state index contributed by atoms with van der Waals surface area (Å²) in [5, 5.41) is 4.89. The van der Waals surface area contributed by atoms with E-state index in [0.29, 0.717) is 0 Å². The van der Waals surface area contributed by atoms with Crippen LogP contribution in [0.5, 0.6) is 0 Å². The maximum absolute atomic E-state index is 4.63. The number of fused-ring (bicyclic) bond motifs is 1. The van der Waals surface area contributed by atoms with E-state index in [1.54, 1.807) is 0 Å². The van der Waals surface area contributed by atoms with Crippen molar-refractivity contribution >= 4 is 10.9 Å². The molecule has 0 aliphatic heterocycles. The van der Waals surface area contributed by atoms with Gasteiger partial charge in [0.15, 0.2) is 0 Å². The highest BCUT2D eigenvalue weighted by Crippen LogP contribution is 2.49. The third-order valence-electron chi connectivity index (χ3n) is 4.03.